The van der Waals surface area contributed by atoms with Crippen LogP contribution in [0.1, 0.15) is 57.6 Å². The van der Waals surface area contributed by atoms with Crippen molar-refractivity contribution in [3.63, 3.8) is 0 Å². The molecule has 0 radical (unpaired) electrons. The van der Waals surface area contributed by atoms with Gasteiger partial charge in [0, 0.05) is 12.7 Å². The van der Waals surface area contributed by atoms with Crippen LogP contribution >= 0.6 is 0 Å². The fraction of sp³-hybridized carbons (Fsp3) is 0.611. The summed E-state index contributed by atoms with van der Waals surface area (Å²) in [5.74, 6) is 0.728. The molecule has 4 nitrogen and oxygen atoms in total. The first kappa shape index (κ1) is 15.2. The van der Waals surface area contributed by atoms with Gasteiger partial charge in [0.25, 0.3) is 0 Å². The molecule has 1 saturated carbocycles. The first-order valence-electron chi connectivity index (χ1n) is 8.49. The summed E-state index contributed by atoms with van der Waals surface area (Å²) >= 11 is 0. The number of carbonyl (C=O) groups excluding carboxylic acids is 1. The van der Waals surface area contributed by atoms with Crippen molar-refractivity contribution in [1.29, 1.82) is 0 Å². The van der Waals surface area contributed by atoms with E-state index in [1.54, 1.807) is 4.90 Å². The summed E-state index contributed by atoms with van der Waals surface area (Å²) in [6, 6.07) is 4.15. The number of fused-ring (bicyclic) bond motifs is 1. The predicted molar refractivity (Wildman–Crippen MR) is 91.2 cm³/mol. The number of likely N-dealkylation sites (N-methyl/N-ethyl adjacent to an activating group) is 1. The zero-order valence-electron chi connectivity index (χ0n) is 14.6. The van der Waals surface area contributed by atoms with E-state index in [9.17, 15) is 4.79 Å². The van der Waals surface area contributed by atoms with Crippen LogP contribution in [0.15, 0.2) is 12.1 Å². The predicted octanol–water partition coefficient (Wildman–Crippen LogP) is 2.38. The molecule has 2 aliphatic heterocycles. The molecule has 1 amide bonds. The van der Waals surface area contributed by atoms with Gasteiger partial charge in [-0.05, 0) is 69.1 Å². The highest BCUT2D eigenvalue weighted by Crippen LogP contribution is 2.46. The van der Waals surface area contributed by atoms with Gasteiger partial charge in [-0.15, -0.1) is 0 Å². The van der Waals surface area contributed by atoms with E-state index in [-0.39, 0.29) is 24.2 Å². The van der Waals surface area contributed by atoms with E-state index in [1.165, 1.54) is 24.0 Å². The second-order valence-electron chi connectivity index (χ2n) is 8.06. The van der Waals surface area contributed by atoms with Crippen LogP contribution in [0, 0.1) is 0 Å². The molecule has 0 atom stereocenters. The van der Waals surface area contributed by atoms with Crippen LogP contribution < -0.4 is 10.4 Å². The van der Waals surface area contributed by atoms with Crippen molar-refractivity contribution >= 4 is 24.2 Å². The van der Waals surface area contributed by atoms with Gasteiger partial charge in [-0.1, -0.05) is 6.07 Å². The minimum absolute atomic E-state index is 0.174. The van der Waals surface area contributed by atoms with Crippen LogP contribution in [0.2, 0.25) is 0 Å². The fourth-order valence-electron chi connectivity index (χ4n) is 3.61. The summed E-state index contributed by atoms with van der Waals surface area (Å²) in [5.41, 5.74) is 3.98. The van der Waals surface area contributed by atoms with Gasteiger partial charge in [0.05, 0.1) is 17.6 Å². The summed E-state index contributed by atoms with van der Waals surface area (Å²) in [5, 5.41) is 0. The Morgan fingerprint density at radius 2 is 1.74 bits per heavy atom. The van der Waals surface area contributed by atoms with Crippen molar-refractivity contribution in [2.45, 2.75) is 64.1 Å². The Morgan fingerprint density at radius 1 is 1.13 bits per heavy atom. The molecule has 4 rings (SSSR count). The van der Waals surface area contributed by atoms with Gasteiger partial charge in [-0.25, -0.2) is 0 Å². The summed E-state index contributed by atoms with van der Waals surface area (Å²) in [6.45, 7) is 8.31. The van der Waals surface area contributed by atoms with E-state index < -0.39 is 0 Å². The lowest BCUT2D eigenvalue weighted by molar-refractivity contribution is -0.117. The maximum absolute atomic E-state index is 12.1. The van der Waals surface area contributed by atoms with Crippen molar-refractivity contribution in [3.8, 4) is 0 Å². The normalized spacial score (nSPS) is 25.2. The molecule has 3 aliphatic rings. The first-order chi connectivity index (χ1) is 10.7. The van der Waals surface area contributed by atoms with Gasteiger partial charge in [0.1, 0.15) is 0 Å². The van der Waals surface area contributed by atoms with Gasteiger partial charge < -0.3 is 14.2 Å². The smallest absolute Gasteiger partial charge is 0.399 e. The van der Waals surface area contributed by atoms with Crippen LogP contribution in [-0.4, -0.2) is 31.3 Å². The number of hydrogen-bond acceptors (Lipinski definition) is 3. The Morgan fingerprint density at radius 3 is 2.30 bits per heavy atom. The maximum atomic E-state index is 12.1. The molecule has 1 saturated heterocycles. The number of carbonyl (C=O) groups is 1. The van der Waals surface area contributed by atoms with Crippen molar-refractivity contribution in [1.82, 2.24) is 0 Å². The van der Waals surface area contributed by atoms with Crippen molar-refractivity contribution in [2.24, 2.45) is 0 Å². The average molecular weight is 313 g/mol. The molecule has 1 aromatic rings. The molecule has 23 heavy (non-hydrogen) atoms. The molecule has 1 aromatic carbocycles. The molecule has 0 bridgehead atoms. The molecule has 0 N–H and O–H groups in total. The number of benzene rings is 1. The quantitative estimate of drug-likeness (QED) is 0.787. The van der Waals surface area contributed by atoms with Gasteiger partial charge >= 0.3 is 7.12 Å². The molecule has 0 unspecified atom stereocenters. The SMILES string of the molecule is CN1C(=O)Cc2c1ccc(B1OC(C)(C)C(C)(C)O1)c2C1CC1. The van der Waals surface area contributed by atoms with Crippen molar-refractivity contribution in [2.75, 3.05) is 11.9 Å². The molecule has 0 spiro atoms. The van der Waals surface area contributed by atoms with E-state index in [0.717, 1.165) is 11.2 Å². The van der Waals surface area contributed by atoms with E-state index in [4.69, 9.17) is 9.31 Å². The number of rotatable bonds is 2. The fourth-order valence-corrected chi connectivity index (χ4v) is 3.61. The summed E-state index contributed by atoms with van der Waals surface area (Å²) in [6.07, 6.45) is 2.90. The van der Waals surface area contributed by atoms with Gasteiger partial charge in [-0.3, -0.25) is 4.79 Å². The zero-order valence-corrected chi connectivity index (χ0v) is 14.6. The van der Waals surface area contributed by atoms with Crippen LogP contribution in [-0.2, 0) is 20.5 Å². The van der Waals surface area contributed by atoms with E-state index in [2.05, 4.69) is 33.8 Å². The Balaban J connectivity index is 1.79. The molecule has 5 heteroatoms. The third-order valence-electron chi connectivity index (χ3n) is 5.92. The number of amides is 1. The van der Waals surface area contributed by atoms with Gasteiger partial charge in [0.15, 0.2) is 0 Å². The minimum atomic E-state index is -0.345. The van der Waals surface area contributed by atoms with Crippen LogP contribution in [0.3, 0.4) is 0 Å². The Kier molecular flexibility index (Phi) is 3.05. The lowest BCUT2D eigenvalue weighted by Gasteiger charge is -2.32. The highest BCUT2D eigenvalue weighted by atomic mass is 16.7. The summed E-state index contributed by atoms with van der Waals surface area (Å²) in [4.78, 5) is 13.9. The lowest BCUT2D eigenvalue weighted by Crippen LogP contribution is -2.41. The third-order valence-corrected chi connectivity index (χ3v) is 5.92. The second kappa shape index (κ2) is 4.61. The average Bonchev–Trinajstić information content (AvgIpc) is 3.20. The second-order valence-corrected chi connectivity index (χ2v) is 8.06. The highest BCUT2D eigenvalue weighted by Gasteiger charge is 2.53. The topological polar surface area (TPSA) is 38.8 Å². The van der Waals surface area contributed by atoms with E-state index in [0.29, 0.717) is 12.3 Å². The van der Waals surface area contributed by atoms with Crippen LogP contribution in [0.4, 0.5) is 5.69 Å². The zero-order chi connectivity index (χ0) is 16.6. The molecular formula is C18H24BNO3. The molecular weight excluding hydrogens is 289 g/mol. The Hall–Kier alpha value is -1.33. The summed E-state index contributed by atoms with van der Waals surface area (Å²) < 4.78 is 12.5. The van der Waals surface area contributed by atoms with Crippen LogP contribution in [0.25, 0.3) is 0 Å². The Bertz CT molecular complexity index is 678. The largest absolute Gasteiger partial charge is 0.495 e. The summed E-state index contributed by atoms with van der Waals surface area (Å²) in [7, 11) is 1.51. The third kappa shape index (κ3) is 2.17. The number of hydrogen-bond donors (Lipinski definition) is 0. The van der Waals surface area contributed by atoms with Gasteiger partial charge in [-0.2, -0.15) is 0 Å². The standard InChI is InChI=1S/C18H24BNO3/c1-17(2)18(3,4)23-19(22-17)13-8-9-14-12(10-15(21)20(14)5)16(13)11-6-7-11/h8-9,11H,6-7,10H2,1-5H3. The number of nitrogens with zero attached hydrogens (tertiary/aromatic N) is 1. The lowest BCUT2D eigenvalue weighted by atomic mass is 9.73. The van der Waals surface area contributed by atoms with E-state index in [1.807, 2.05) is 13.1 Å². The molecule has 2 heterocycles. The van der Waals surface area contributed by atoms with Crippen LogP contribution in [0.5, 0.6) is 0 Å². The minimum Gasteiger partial charge on any atom is -0.399 e. The highest BCUT2D eigenvalue weighted by molar-refractivity contribution is 6.62. The van der Waals surface area contributed by atoms with Crippen molar-refractivity contribution < 1.29 is 14.1 Å². The Labute approximate surface area is 138 Å². The molecule has 1 aliphatic carbocycles. The first-order valence-corrected chi connectivity index (χ1v) is 8.49. The van der Waals surface area contributed by atoms with E-state index >= 15 is 0 Å². The molecule has 2 fully saturated rings. The molecule has 0 aromatic heterocycles. The molecule has 122 valence electrons. The maximum Gasteiger partial charge on any atom is 0.495 e. The number of anilines is 1. The van der Waals surface area contributed by atoms with Gasteiger partial charge in [0.2, 0.25) is 5.91 Å². The van der Waals surface area contributed by atoms with Crippen molar-refractivity contribution in [3.05, 3.63) is 23.3 Å². The monoisotopic (exact) mass is 313 g/mol.